The number of rotatable bonds is 3. The summed E-state index contributed by atoms with van der Waals surface area (Å²) in [5.41, 5.74) is 6.21. The zero-order chi connectivity index (χ0) is 12.3. The van der Waals surface area contributed by atoms with Crippen LogP contribution in [0.2, 0.25) is 0 Å². The number of amides is 1. The van der Waals surface area contributed by atoms with Crippen molar-refractivity contribution < 1.29 is 9.00 Å². The summed E-state index contributed by atoms with van der Waals surface area (Å²) in [5, 5.41) is 5.23. The van der Waals surface area contributed by atoms with Crippen molar-refractivity contribution in [3.05, 3.63) is 11.1 Å². The Balaban J connectivity index is 1.79. The normalized spacial score (nSPS) is 24.5. The van der Waals surface area contributed by atoms with E-state index in [1.165, 1.54) is 11.3 Å². The number of nitrogens with zero attached hydrogens (tertiary/aromatic N) is 1. The molecule has 1 saturated heterocycles. The van der Waals surface area contributed by atoms with Gasteiger partial charge in [0.2, 0.25) is 5.91 Å². The third kappa shape index (κ3) is 3.78. The molecular weight excluding hydrogens is 258 g/mol. The van der Waals surface area contributed by atoms with Crippen LogP contribution in [0, 0.1) is 0 Å². The van der Waals surface area contributed by atoms with Crippen molar-refractivity contribution in [3.63, 3.8) is 0 Å². The van der Waals surface area contributed by atoms with Crippen molar-refractivity contribution in [2.45, 2.75) is 25.3 Å². The molecule has 1 aromatic rings. The topological polar surface area (TPSA) is 85.1 Å². The summed E-state index contributed by atoms with van der Waals surface area (Å²) in [5.74, 6) is 1.34. The molecule has 2 heterocycles. The van der Waals surface area contributed by atoms with Gasteiger partial charge in [-0.15, -0.1) is 11.3 Å². The fourth-order valence-electron chi connectivity index (χ4n) is 1.79. The fourth-order valence-corrected chi connectivity index (χ4v) is 3.65. The second kappa shape index (κ2) is 5.59. The number of carbonyl (C=O) groups excluding carboxylic acids is 1. The van der Waals surface area contributed by atoms with Gasteiger partial charge in [0.1, 0.15) is 0 Å². The maximum Gasteiger partial charge on any atom is 0.226 e. The first-order valence-corrected chi connectivity index (χ1v) is 7.84. The minimum absolute atomic E-state index is 0.0343. The molecule has 0 saturated carbocycles. The predicted octanol–water partition coefficient (Wildman–Crippen LogP) is 0.295. The van der Waals surface area contributed by atoms with Crippen LogP contribution in [0.4, 0.5) is 5.13 Å². The van der Waals surface area contributed by atoms with Crippen LogP contribution in [0.1, 0.15) is 18.5 Å². The number of nitrogen functional groups attached to an aromatic ring is 1. The van der Waals surface area contributed by atoms with Gasteiger partial charge >= 0.3 is 0 Å². The molecule has 1 aromatic heterocycles. The Morgan fingerprint density at radius 3 is 2.88 bits per heavy atom. The van der Waals surface area contributed by atoms with Gasteiger partial charge in [-0.2, -0.15) is 0 Å². The Hall–Kier alpha value is -0.950. The molecule has 0 unspecified atom stereocenters. The average Bonchev–Trinajstić information content (AvgIpc) is 2.67. The third-order valence-corrected chi connectivity index (χ3v) is 4.77. The highest BCUT2D eigenvalue weighted by molar-refractivity contribution is 7.85. The highest BCUT2D eigenvalue weighted by Gasteiger charge is 2.19. The molecule has 1 fully saturated rings. The molecule has 1 amide bonds. The average molecular weight is 273 g/mol. The van der Waals surface area contributed by atoms with Crippen molar-refractivity contribution in [1.29, 1.82) is 0 Å². The summed E-state index contributed by atoms with van der Waals surface area (Å²) in [6.45, 7) is 0. The molecule has 7 heteroatoms. The van der Waals surface area contributed by atoms with E-state index in [4.69, 9.17) is 5.73 Å². The van der Waals surface area contributed by atoms with Gasteiger partial charge in [-0.05, 0) is 12.8 Å². The molecular formula is C10H15N3O2S2. The highest BCUT2D eigenvalue weighted by Crippen LogP contribution is 2.12. The number of nitrogens with two attached hydrogens (primary N) is 1. The van der Waals surface area contributed by atoms with Crippen molar-refractivity contribution in [2.75, 3.05) is 17.2 Å². The minimum Gasteiger partial charge on any atom is -0.375 e. The van der Waals surface area contributed by atoms with Crippen molar-refractivity contribution in [3.8, 4) is 0 Å². The van der Waals surface area contributed by atoms with Crippen molar-refractivity contribution >= 4 is 33.2 Å². The monoisotopic (exact) mass is 273 g/mol. The molecule has 0 bridgehead atoms. The molecule has 94 valence electrons. The fraction of sp³-hybridized carbons (Fsp3) is 0.600. The first-order valence-electron chi connectivity index (χ1n) is 5.47. The van der Waals surface area contributed by atoms with Crippen LogP contribution in [-0.4, -0.2) is 32.6 Å². The number of thiazole rings is 1. The zero-order valence-corrected chi connectivity index (χ0v) is 11.0. The molecule has 5 nitrogen and oxygen atoms in total. The lowest BCUT2D eigenvalue weighted by Gasteiger charge is -2.22. The van der Waals surface area contributed by atoms with E-state index >= 15 is 0 Å². The molecule has 1 aliphatic rings. The first-order chi connectivity index (χ1) is 8.13. The van der Waals surface area contributed by atoms with Gasteiger partial charge in [0.25, 0.3) is 0 Å². The smallest absolute Gasteiger partial charge is 0.226 e. The van der Waals surface area contributed by atoms with Crippen LogP contribution in [0.15, 0.2) is 5.38 Å². The lowest BCUT2D eigenvalue weighted by atomic mass is 10.1. The van der Waals surface area contributed by atoms with E-state index in [1.54, 1.807) is 5.38 Å². The highest BCUT2D eigenvalue weighted by atomic mass is 32.2. The quantitative estimate of drug-likeness (QED) is 0.829. The number of hydrogen-bond donors (Lipinski definition) is 2. The summed E-state index contributed by atoms with van der Waals surface area (Å²) in [4.78, 5) is 15.8. The lowest BCUT2D eigenvalue weighted by molar-refractivity contribution is -0.121. The van der Waals surface area contributed by atoms with Crippen LogP contribution in [-0.2, 0) is 22.0 Å². The molecule has 17 heavy (non-hydrogen) atoms. The van der Waals surface area contributed by atoms with E-state index < -0.39 is 10.8 Å². The van der Waals surface area contributed by atoms with Crippen LogP contribution in [0.5, 0.6) is 0 Å². The van der Waals surface area contributed by atoms with Crippen LogP contribution in [0.3, 0.4) is 0 Å². The van der Waals surface area contributed by atoms with E-state index in [9.17, 15) is 9.00 Å². The zero-order valence-electron chi connectivity index (χ0n) is 9.35. The minimum atomic E-state index is -0.689. The molecule has 0 aromatic carbocycles. The second-order valence-electron chi connectivity index (χ2n) is 4.04. The Labute approximate surface area is 106 Å². The summed E-state index contributed by atoms with van der Waals surface area (Å²) in [6.07, 6.45) is 1.88. The van der Waals surface area contributed by atoms with Gasteiger partial charge in [-0.3, -0.25) is 9.00 Å². The number of hydrogen-bond acceptors (Lipinski definition) is 5. The maximum absolute atomic E-state index is 11.7. The summed E-state index contributed by atoms with van der Waals surface area (Å²) in [7, 11) is -0.689. The maximum atomic E-state index is 11.7. The summed E-state index contributed by atoms with van der Waals surface area (Å²) >= 11 is 1.34. The number of nitrogens with one attached hydrogen (secondary N) is 1. The summed E-state index contributed by atoms with van der Waals surface area (Å²) in [6, 6.07) is 0.163. The molecule has 0 atom stereocenters. The first kappa shape index (κ1) is 12.5. The lowest BCUT2D eigenvalue weighted by Crippen LogP contribution is -2.40. The van der Waals surface area contributed by atoms with Gasteiger partial charge in [0, 0.05) is 33.7 Å². The molecule has 2 rings (SSSR count). The third-order valence-electron chi connectivity index (χ3n) is 2.66. The SMILES string of the molecule is Nc1nc(CC(=O)NC2CCS(=O)CC2)cs1. The van der Waals surface area contributed by atoms with E-state index in [1.807, 2.05) is 0 Å². The Morgan fingerprint density at radius 2 is 2.29 bits per heavy atom. The van der Waals surface area contributed by atoms with Crippen LogP contribution in [0.25, 0.3) is 0 Å². The molecule has 0 spiro atoms. The molecule has 1 aliphatic heterocycles. The van der Waals surface area contributed by atoms with Crippen molar-refractivity contribution in [1.82, 2.24) is 10.3 Å². The Kier molecular flexibility index (Phi) is 4.11. The predicted molar refractivity (Wildman–Crippen MR) is 69.3 cm³/mol. The van der Waals surface area contributed by atoms with Gasteiger partial charge in [0.05, 0.1) is 12.1 Å². The van der Waals surface area contributed by atoms with Gasteiger partial charge in [0.15, 0.2) is 5.13 Å². The molecule has 0 radical (unpaired) electrons. The van der Waals surface area contributed by atoms with Crippen LogP contribution < -0.4 is 11.1 Å². The van der Waals surface area contributed by atoms with E-state index in [0.29, 0.717) is 22.3 Å². The number of carbonyl (C=O) groups is 1. The van der Waals surface area contributed by atoms with E-state index in [0.717, 1.165) is 12.8 Å². The second-order valence-corrected chi connectivity index (χ2v) is 6.63. The van der Waals surface area contributed by atoms with E-state index in [2.05, 4.69) is 10.3 Å². The number of aromatic nitrogens is 1. The number of anilines is 1. The summed E-state index contributed by atoms with van der Waals surface area (Å²) < 4.78 is 11.2. The van der Waals surface area contributed by atoms with Gasteiger partial charge in [-0.25, -0.2) is 4.98 Å². The molecule has 3 N–H and O–H groups in total. The largest absolute Gasteiger partial charge is 0.375 e. The van der Waals surface area contributed by atoms with Crippen LogP contribution >= 0.6 is 11.3 Å². The Morgan fingerprint density at radius 1 is 1.59 bits per heavy atom. The van der Waals surface area contributed by atoms with E-state index in [-0.39, 0.29) is 18.4 Å². The molecule has 0 aliphatic carbocycles. The van der Waals surface area contributed by atoms with Gasteiger partial charge < -0.3 is 11.1 Å². The Bertz CT molecular complexity index is 423. The van der Waals surface area contributed by atoms with Crippen molar-refractivity contribution in [2.24, 2.45) is 0 Å². The standard InChI is InChI=1S/C10H15N3O2S2/c11-10-13-8(6-16-10)5-9(14)12-7-1-3-17(15)4-2-7/h6-7H,1-5H2,(H2,11,13)(H,12,14). The van der Waals surface area contributed by atoms with Gasteiger partial charge in [-0.1, -0.05) is 0 Å².